The molecule has 2 rings (SSSR count). The molecule has 0 spiro atoms. The van der Waals surface area contributed by atoms with Crippen LogP contribution in [0, 0.1) is 0 Å². The van der Waals surface area contributed by atoms with E-state index in [2.05, 4.69) is 15.3 Å². The summed E-state index contributed by atoms with van der Waals surface area (Å²) in [5, 5.41) is 13.0. The van der Waals surface area contributed by atoms with Crippen molar-refractivity contribution in [3.8, 4) is 0 Å². The first kappa shape index (κ1) is 12.1. The van der Waals surface area contributed by atoms with Gasteiger partial charge in [0.1, 0.15) is 17.5 Å². The van der Waals surface area contributed by atoms with E-state index in [0.717, 1.165) is 18.7 Å². The molecule has 94 valence electrons. The van der Waals surface area contributed by atoms with Crippen LogP contribution in [0.25, 0.3) is 0 Å². The first-order valence-electron chi connectivity index (χ1n) is 6.11. The van der Waals surface area contributed by atoms with Crippen LogP contribution in [0.3, 0.4) is 0 Å². The van der Waals surface area contributed by atoms with E-state index >= 15 is 0 Å². The Morgan fingerprint density at radius 1 is 1.53 bits per heavy atom. The van der Waals surface area contributed by atoms with E-state index in [-0.39, 0.29) is 0 Å². The molecule has 0 amide bonds. The smallest absolute Gasteiger partial charge is 0.136 e. The highest BCUT2D eigenvalue weighted by atomic mass is 16.3. The summed E-state index contributed by atoms with van der Waals surface area (Å²) in [5.74, 6) is 2.49. The van der Waals surface area contributed by atoms with E-state index in [9.17, 15) is 5.11 Å². The molecule has 0 aromatic carbocycles. The highest BCUT2D eigenvalue weighted by Crippen LogP contribution is 2.38. The number of aromatic nitrogens is 2. The van der Waals surface area contributed by atoms with Gasteiger partial charge in [0.05, 0.1) is 5.60 Å². The molecule has 0 saturated heterocycles. The average molecular weight is 236 g/mol. The Labute approximate surface area is 101 Å². The average Bonchev–Trinajstić information content (AvgIpc) is 3.10. The Hall–Kier alpha value is -1.36. The first-order valence-corrected chi connectivity index (χ1v) is 6.11. The zero-order valence-corrected chi connectivity index (χ0v) is 10.4. The monoisotopic (exact) mass is 236 g/mol. The number of hydrogen-bond acceptors (Lipinski definition) is 5. The standard InChI is InChI=1S/C12H20N4O/c1-3-12(2,17)7-14-10-6-9(13)15-11(16-10)8-4-5-8/h6,8,17H,3-5,7H2,1-2H3,(H3,13,14,15,16). The molecule has 1 heterocycles. The number of nitrogens with zero attached hydrogens (tertiary/aromatic N) is 2. The predicted octanol–water partition coefficient (Wildman–Crippen LogP) is 1.51. The first-order chi connectivity index (χ1) is 8.00. The van der Waals surface area contributed by atoms with Gasteiger partial charge in [-0.3, -0.25) is 0 Å². The van der Waals surface area contributed by atoms with Gasteiger partial charge in [0.2, 0.25) is 0 Å². The van der Waals surface area contributed by atoms with Gasteiger partial charge >= 0.3 is 0 Å². The number of aliphatic hydroxyl groups is 1. The molecule has 1 atom stereocenters. The van der Waals surface area contributed by atoms with Crippen LogP contribution in [0.1, 0.15) is 44.9 Å². The third-order valence-corrected chi connectivity index (χ3v) is 3.12. The van der Waals surface area contributed by atoms with E-state index < -0.39 is 5.60 Å². The van der Waals surface area contributed by atoms with Crippen molar-refractivity contribution in [1.82, 2.24) is 9.97 Å². The van der Waals surface area contributed by atoms with E-state index in [0.29, 0.717) is 30.5 Å². The molecule has 1 aromatic rings. The fourth-order valence-corrected chi connectivity index (χ4v) is 1.51. The zero-order chi connectivity index (χ0) is 12.5. The lowest BCUT2D eigenvalue weighted by Gasteiger charge is -2.22. The Bertz CT molecular complexity index is 401. The lowest BCUT2D eigenvalue weighted by molar-refractivity contribution is 0.0696. The van der Waals surface area contributed by atoms with Gasteiger partial charge < -0.3 is 16.2 Å². The quantitative estimate of drug-likeness (QED) is 0.721. The van der Waals surface area contributed by atoms with Crippen molar-refractivity contribution >= 4 is 11.6 Å². The molecule has 5 nitrogen and oxygen atoms in total. The highest BCUT2D eigenvalue weighted by molar-refractivity contribution is 5.45. The van der Waals surface area contributed by atoms with Gasteiger partial charge in [0, 0.05) is 18.5 Å². The zero-order valence-electron chi connectivity index (χ0n) is 10.4. The van der Waals surface area contributed by atoms with Crippen LogP contribution in [-0.2, 0) is 0 Å². The van der Waals surface area contributed by atoms with Gasteiger partial charge in [0.15, 0.2) is 0 Å². The van der Waals surface area contributed by atoms with Crippen molar-refractivity contribution < 1.29 is 5.11 Å². The third-order valence-electron chi connectivity index (χ3n) is 3.12. The molecule has 0 bridgehead atoms. The van der Waals surface area contributed by atoms with Crippen LogP contribution >= 0.6 is 0 Å². The molecule has 0 radical (unpaired) electrons. The second-order valence-electron chi connectivity index (χ2n) is 5.01. The summed E-state index contributed by atoms with van der Waals surface area (Å²) < 4.78 is 0. The number of anilines is 2. The maximum atomic E-state index is 9.91. The molecule has 1 aromatic heterocycles. The normalized spacial score (nSPS) is 18.8. The fourth-order valence-electron chi connectivity index (χ4n) is 1.51. The van der Waals surface area contributed by atoms with E-state index in [4.69, 9.17) is 5.73 Å². The second kappa shape index (κ2) is 4.49. The van der Waals surface area contributed by atoms with E-state index in [1.165, 1.54) is 0 Å². The van der Waals surface area contributed by atoms with Crippen LogP contribution in [-0.4, -0.2) is 27.2 Å². The second-order valence-corrected chi connectivity index (χ2v) is 5.01. The molecular weight excluding hydrogens is 216 g/mol. The summed E-state index contributed by atoms with van der Waals surface area (Å²) in [4.78, 5) is 8.64. The molecular formula is C12H20N4O. The van der Waals surface area contributed by atoms with Crippen LogP contribution in [0.4, 0.5) is 11.6 Å². The lowest BCUT2D eigenvalue weighted by atomic mass is 10.0. The molecule has 0 aliphatic heterocycles. The molecule has 1 unspecified atom stereocenters. The van der Waals surface area contributed by atoms with Crippen LogP contribution in [0.5, 0.6) is 0 Å². The van der Waals surface area contributed by atoms with Crippen molar-refractivity contribution in [2.75, 3.05) is 17.6 Å². The minimum atomic E-state index is -0.723. The van der Waals surface area contributed by atoms with Gasteiger partial charge in [-0.2, -0.15) is 0 Å². The predicted molar refractivity (Wildman–Crippen MR) is 67.8 cm³/mol. The van der Waals surface area contributed by atoms with Crippen molar-refractivity contribution in [2.45, 2.75) is 44.6 Å². The number of rotatable bonds is 5. The fraction of sp³-hybridized carbons (Fsp3) is 0.667. The molecule has 17 heavy (non-hydrogen) atoms. The van der Waals surface area contributed by atoms with E-state index in [1.807, 2.05) is 6.92 Å². The summed E-state index contributed by atoms with van der Waals surface area (Å²) in [6.07, 6.45) is 2.99. The van der Waals surface area contributed by atoms with Crippen molar-refractivity contribution in [3.63, 3.8) is 0 Å². The Balaban J connectivity index is 2.05. The van der Waals surface area contributed by atoms with Crippen molar-refractivity contribution in [2.24, 2.45) is 0 Å². The van der Waals surface area contributed by atoms with Crippen molar-refractivity contribution in [3.05, 3.63) is 11.9 Å². The number of nitrogen functional groups attached to an aromatic ring is 1. The third kappa shape index (κ3) is 3.30. The minimum Gasteiger partial charge on any atom is -0.388 e. The van der Waals surface area contributed by atoms with Crippen LogP contribution < -0.4 is 11.1 Å². The summed E-state index contributed by atoms with van der Waals surface area (Å²) in [6, 6.07) is 1.71. The Morgan fingerprint density at radius 3 is 2.82 bits per heavy atom. The van der Waals surface area contributed by atoms with E-state index in [1.54, 1.807) is 13.0 Å². The summed E-state index contributed by atoms with van der Waals surface area (Å²) in [6.45, 7) is 4.21. The summed E-state index contributed by atoms with van der Waals surface area (Å²) in [5.41, 5.74) is 5.02. The SMILES string of the molecule is CCC(C)(O)CNc1cc(N)nc(C2CC2)n1. The Morgan fingerprint density at radius 2 is 2.24 bits per heavy atom. The molecule has 4 N–H and O–H groups in total. The van der Waals surface area contributed by atoms with Crippen LogP contribution in [0.2, 0.25) is 0 Å². The maximum absolute atomic E-state index is 9.91. The molecule has 5 heteroatoms. The largest absolute Gasteiger partial charge is 0.388 e. The van der Waals surface area contributed by atoms with Gasteiger partial charge in [-0.05, 0) is 26.2 Å². The number of nitrogens with one attached hydrogen (secondary N) is 1. The van der Waals surface area contributed by atoms with Gasteiger partial charge in [-0.1, -0.05) is 6.92 Å². The number of nitrogens with two attached hydrogens (primary N) is 1. The topological polar surface area (TPSA) is 84.1 Å². The van der Waals surface area contributed by atoms with Gasteiger partial charge in [-0.15, -0.1) is 0 Å². The molecule has 1 fully saturated rings. The maximum Gasteiger partial charge on any atom is 0.136 e. The van der Waals surface area contributed by atoms with Gasteiger partial charge in [0.25, 0.3) is 0 Å². The molecule has 1 aliphatic carbocycles. The molecule has 1 saturated carbocycles. The number of hydrogen-bond donors (Lipinski definition) is 3. The highest BCUT2D eigenvalue weighted by Gasteiger charge is 2.27. The molecule has 1 aliphatic rings. The minimum absolute atomic E-state index is 0.462. The van der Waals surface area contributed by atoms with Gasteiger partial charge in [-0.25, -0.2) is 9.97 Å². The Kier molecular flexibility index (Phi) is 3.19. The summed E-state index contributed by atoms with van der Waals surface area (Å²) in [7, 11) is 0. The lowest BCUT2D eigenvalue weighted by Crippen LogP contribution is -2.32. The summed E-state index contributed by atoms with van der Waals surface area (Å²) >= 11 is 0. The van der Waals surface area contributed by atoms with Crippen LogP contribution in [0.15, 0.2) is 6.07 Å². The van der Waals surface area contributed by atoms with Crippen molar-refractivity contribution in [1.29, 1.82) is 0 Å².